The normalized spacial score (nSPS) is 17.4. The van der Waals surface area contributed by atoms with Crippen molar-refractivity contribution in [2.75, 3.05) is 53.8 Å². The van der Waals surface area contributed by atoms with Gasteiger partial charge in [-0.25, -0.2) is 9.59 Å². The van der Waals surface area contributed by atoms with E-state index in [2.05, 4.69) is 31.9 Å². The minimum atomic E-state index is -1.17. The molecule has 26 nitrogen and oxygen atoms in total. The number of likely N-dealkylation sites (tertiary alicyclic amines) is 1. The van der Waals surface area contributed by atoms with Gasteiger partial charge < -0.3 is 77.4 Å². The summed E-state index contributed by atoms with van der Waals surface area (Å²) < 4.78 is 17.7. The zero-order valence-electron chi connectivity index (χ0n) is 59.7. The summed E-state index contributed by atoms with van der Waals surface area (Å²) in [6.45, 7) is 25.5. The van der Waals surface area contributed by atoms with E-state index < -0.39 is 150 Å². The second-order valence-electron chi connectivity index (χ2n) is 27.1. The summed E-state index contributed by atoms with van der Waals surface area (Å²) in [5, 5.41) is 27.7. The smallest absolute Gasteiger partial charge is 0.410 e. The van der Waals surface area contributed by atoms with Gasteiger partial charge in [-0.2, -0.15) is 0 Å². The number of nitrogens with one attached hydrogen (secondary N) is 6. The van der Waals surface area contributed by atoms with Crippen molar-refractivity contribution in [2.24, 2.45) is 52.9 Å². The van der Waals surface area contributed by atoms with Gasteiger partial charge in [-0.3, -0.25) is 43.3 Å². The molecular formula is C69H114N12O14. The number of aliphatic hydroxyl groups excluding tert-OH is 1. The third-order valence-corrected chi connectivity index (χ3v) is 18.2. The number of ether oxygens (including phenoxy) is 3. The van der Waals surface area contributed by atoms with Gasteiger partial charge in [0.2, 0.25) is 47.3 Å². The predicted octanol–water partition coefficient (Wildman–Crippen LogP) is 5.06. The summed E-state index contributed by atoms with van der Waals surface area (Å²) in [6.07, 6.45) is -0.972. The van der Waals surface area contributed by atoms with E-state index in [1.165, 1.54) is 33.2 Å². The van der Waals surface area contributed by atoms with Crippen molar-refractivity contribution in [1.29, 1.82) is 0 Å². The van der Waals surface area contributed by atoms with Gasteiger partial charge in [0.1, 0.15) is 36.8 Å². The highest BCUT2D eigenvalue weighted by Gasteiger charge is 2.45. The maximum Gasteiger partial charge on any atom is 0.410 e. The van der Waals surface area contributed by atoms with E-state index in [1.54, 1.807) is 136 Å². The molecule has 95 heavy (non-hydrogen) atoms. The number of carbonyl (C=O) groups is 10. The Morgan fingerprint density at radius 1 is 0.653 bits per heavy atom. The first-order valence-corrected chi connectivity index (χ1v) is 33.5. The third kappa shape index (κ3) is 23.4. The quantitative estimate of drug-likeness (QED) is 0.0399. The molecular weight excluding hydrogens is 1220 g/mol. The van der Waals surface area contributed by atoms with E-state index in [0.29, 0.717) is 49.0 Å². The summed E-state index contributed by atoms with van der Waals surface area (Å²) in [4.78, 5) is 144. The molecule has 0 spiro atoms. The van der Waals surface area contributed by atoms with Crippen LogP contribution in [0.15, 0.2) is 54.6 Å². The van der Waals surface area contributed by atoms with Gasteiger partial charge in [0.25, 0.3) is 0 Å². The Hall–Kier alpha value is -7.42. The Morgan fingerprint density at radius 2 is 1.20 bits per heavy atom. The average Bonchev–Trinajstić information content (AvgIpc) is 1.78. The maximum atomic E-state index is 15.0. The predicted molar refractivity (Wildman–Crippen MR) is 363 cm³/mol. The second-order valence-corrected chi connectivity index (χ2v) is 27.1. The molecule has 534 valence electrons. The SMILES string of the molecule is CC[C@H](C)[C@@H]([C@@H](CC(=O)N1CCC[C@H]1[C@H](OC)[C@@H](C)C(=O)N[C@H](C)[C@@H](O)c1ccccc1)OC)N(C)C(=O)[C@@H](NC(=O)[C@H](C(C)C)N(C)C(=O)C(NC(=O)[C@H](C(C)C)N(C)C(=O)OCc1ccc(NC(=O)[C@H](CCCNC(N)=O)NC(=O)[C@@H](N)C(C)C)cc1)C(C)C)C(C)C. The number of nitrogens with zero attached hydrogens (tertiary/aromatic N) is 4. The van der Waals surface area contributed by atoms with Crippen molar-refractivity contribution < 1.29 is 67.3 Å². The third-order valence-electron chi connectivity index (χ3n) is 18.2. The molecule has 0 radical (unpaired) electrons. The highest BCUT2D eigenvalue weighted by Crippen LogP contribution is 2.31. The number of likely N-dealkylation sites (N-methyl/N-ethyl adjacent to an activating group) is 3. The fraction of sp³-hybridized carbons (Fsp3) is 0.681. The number of hydrogen-bond acceptors (Lipinski definition) is 15. The Labute approximate surface area is 563 Å². The van der Waals surface area contributed by atoms with Gasteiger partial charge in [0.15, 0.2) is 0 Å². The van der Waals surface area contributed by atoms with Crippen molar-refractivity contribution in [1.82, 2.24) is 46.2 Å². The van der Waals surface area contributed by atoms with Crippen LogP contribution in [0.25, 0.3) is 0 Å². The van der Waals surface area contributed by atoms with E-state index in [0.717, 1.165) is 4.90 Å². The molecule has 14 atom stereocenters. The standard InChI is InChI=1S/C69H114N12O14/c1-20-43(12)58(51(93-18)36-52(82)81-35-25-29-50(81)60(94-19)44(13)61(84)73-45(14)59(83)47-26-22-21-23-27-47)79(16)67(90)55(40(6)7)76-64(87)56(41(8)9)78(15)66(89)54(39(4)5)77-65(88)57(42(10)11)80(17)69(92)95-37-46-30-32-48(33-31-46)74-62(85)49(28-24-34-72-68(71)91)75-63(86)53(70)38(2)3/h21-23,26-27,30-33,38-45,49-51,53-60,83H,20,24-25,28-29,34-37,70H2,1-19H3,(H,73,84)(H,74,85)(H,75,86)(H,76,87)(H,77,88)(H3,71,72,91)/t43-,44+,45+,49-,50-,51+,53-,54?,55-,56-,57-,58-,59+,60+/m0/s1. The number of urea groups is 1. The zero-order chi connectivity index (χ0) is 71.9. The second kappa shape index (κ2) is 39.0. The number of hydrogen-bond donors (Lipinski definition) is 9. The van der Waals surface area contributed by atoms with Gasteiger partial charge in [-0.05, 0) is 91.4 Å². The Morgan fingerprint density at radius 3 is 1.69 bits per heavy atom. The molecule has 2 aromatic rings. The first kappa shape index (κ1) is 81.8. The molecule has 0 bridgehead atoms. The fourth-order valence-electron chi connectivity index (χ4n) is 12.2. The van der Waals surface area contributed by atoms with Gasteiger partial charge >= 0.3 is 12.1 Å². The minimum absolute atomic E-state index is 0.101. The van der Waals surface area contributed by atoms with Crippen LogP contribution in [0.2, 0.25) is 0 Å². The van der Waals surface area contributed by atoms with Crippen LogP contribution in [0.3, 0.4) is 0 Å². The van der Waals surface area contributed by atoms with Crippen LogP contribution in [0.5, 0.6) is 0 Å². The van der Waals surface area contributed by atoms with E-state index in [4.69, 9.17) is 25.7 Å². The number of carbonyl (C=O) groups excluding carboxylic acids is 10. The van der Waals surface area contributed by atoms with Crippen LogP contribution in [0, 0.1) is 41.4 Å². The highest BCUT2D eigenvalue weighted by molar-refractivity contribution is 5.98. The Kier molecular flexibility index (Phi) is 33.5. The van der Waals surface area contributed by atoms with Crippen LogP contribution in [0.4, 0.5) is 15.3 Å². The molecule has 1 saturated heterocycles. The van der Waals surface area contributed by atoms with E-state index in [-0.39, 0.29) is 49.6 Å². The molecule has 0 aromatic heterocycles. The van der Waals surface area contributed by atoms with Gasteiger partial charge in [0.05, 0.1) is 54.8 Å². The summed E-state index contributed by atoms with van der Waals surface area (Å²) in [5.41, 5.74) is 12.8. The van der Waals surface area contributed by atoms with Crippen molar-refractivity contribution in [3.8, 4) is 0 Å². The van der Waals surface area contributed by atoms with Crippen molar-refractivity contribution in [3.63, 3.8) is 0 Å². The summed E-state index contributed by atoms with van der Waals surface area (Å²) in [6, 6.07) is 6.74. The lowest BCUT2D eigenvalue weighted by Crippen LogP contribution is -2.62. The molecule has 1 aliphatic heterocycles. The first-order chi connectivity index (χ1) is 44.6. The maximum absolute atomic E-state index is 15.0. The van der Waals surface area contributed by atoms with Crippen molar-refractivity contribution in [2.45, 2.75) is 215 Å². The number of methoxy groups -OCH3 is 2. The summed E-state index contributed by atoms with van der Waals surface area (Å²) in [5.74, 6) is -6.84. The highest BCUT2D eigenvalue weighted by atomic mass is 16.6. The number of amides is 11. The minimum Gasteiger partial charge on any atom is -0.445 e. The monoisotopic (exact) mass is 1330 g/mol. The molecule has 1 heterocycles. The summed E-state index contributed by atoms with van der Waals surface area (Å²) in [7, 11) is 7.53. The number of benzene rings is 2. The zero-order valence-corrected chi connectivity index (χ0v) is 59.7. The lowest BCUT2D eigenvalue weighted by atomic mass is 9.89. The molecule has 1 unspecified atom stereocenters. The number of anilines is 1. The fourth-order valence-corrected chi connectivity index (χ4v) is 12.2. The molecule has 0 aliphatic carbocycles. The van der Waals surface area contributed by atoms with Crippen LogP contribution < -0.4 is 43.4 Å². The first-order valence-electron chi connectivity index (χ1n) is 33.5. The van der Waals surface area contributed by atoms with Gasteiger partial charge in [-0.1, -0.05) is 139 Å². The van der Waals surface area contributed by atoms with Crippen LogP contribution in [-0.2, 0) is 59.2 Å². The molecule has 11 amide bonds. The van der Waals surface area contributed by atoms with Crippen molar-refractivity contribution >= 4 is 65.1 Å². The molecule has 0 saturated carbocycles. The molecule has 11 N–H and O–H groups in total. The Balaban J connectivity index is 1.75. The van der Waals surface area contributed by atoms with Crippen LogP contribution >= 0.6 is 0 Å². The topological polar surface area (TPSA) is 356 Å². The molecule has 1 fully saturated rings. The van der Waals surface area contributed by atoms with Crippen LogP contribution in [0.1, 0.15) is 153 Å². The van der Waals surface area contributed by atoms with E-state index >= 15 is 0 Å². The van der Waals surface area contributed by atoms with Crippen LogP contribution in [-0.4, -0.2) is 199 Å². The van der Waals surface area contributed by atoms with Crippen molar-refractivity contribution in [3.05, 3.63) is 65.7 Å². The van der Waals surface area contributed by atoms with Gasteiger partial charge in [0, 0.05) is 54.1 Å². The average molecular weight is 1340 g/mol. The van der Waals surface area contributed by atoms with Gasteiger partial charge in [-0.15, -0.1) is 0 Å². The molecule has 3 rings (SSSR count). The molecule has 2 aromatic carbocycles. The number of nitrogens with two attached hydrogens (primary N) is 2. The number of rotatable bonds is 37. The number of aliphatic hydroxyl groups is 1. The lowest BCUT2D eigenvalue weighted by molar-refractivity contribution is -0.149. The lowest BCUT2D eigenvalue weighted by Gasteiger charge is -2.41. The largest absolute Gasteiger partial charge is 0.445 e. The van der Waals surface area contributed by atoms with E-state index in [9.17, 15) is 53.1 Å². The Bertz CT molecular complexity index is 2830. The summed E-state index contributed by atoms with van der Waals surface area (Å²) >= 11 is 0. The van der Waals surface area contributed by atoms with E-state index in [1.807, 2.05) is 32.0 Å². The molecule has 1 aliphatic rings. The molecule has 26 heteroatoms. The number of primary amides is 1.